The van der Waals surface area contributed by atoms with Crippen molar-refractivity contribution in [1.29, 1.82) is 0 Å². The van der Waals surface area contributed by atoms with Crippen molar-refractivity contribution in [2.75, 3.05) is 5.32 Å². The first-order valence-electron chi connectivity index (χ1n) is 6.60. The Kier molecular flexibility index (Phi) is 4.76. The first-order chi connectivity index (χ1) is 8.48. The van der Waals surface area contributed by atoms with Crippen LogP contribution in [0.25, 0.3) is 0 Å². The summed E-state index contributed by atoms with van der Waals surface area (Å²) in [5, 5.41) is 12.6. The molecule has 3 heteroatoms. The van der Waals surface area contributed by atoms with Gasteiger partial charge in [0, 0.05) is 11.2 Å². The molecule has 0 radical (unpaired) electrons. The van der Waals surface area contributed by atoms with Gasteiger partial charge in [-0.3, -0.25) is 0 Å². The second-order valence-corrected chi connectivity index (χ2v) is 4.80. The summed E-state index contributed by atoms with van der Waals surface area (Å²) in [5.41, 5.74) is 2.28. The van der Waals surface area contributed by atoms with Crippen molar-refractivity contribution in [2.24, 2.45) is 0 Å². The van der Waals surface area contributed by atoms with E-state index in [0.717, 1.165) is 30.5 Å². The summed E-state index contributed by atoms with van der Waals surface area (Å²) in [7, 11) is 0. The number of carbonyl (C=O) groups is 1. The molecule has 0 amide bonds. The number of hydrogen-bond donors (Lipinski definition) is 2. The van der Waals surface area contributed by atoms with Crippen molar-refractivity contribution in [3.8, 4) is 0 Å². The average Bonchev–Trinajstić information content (AvgIpc) is 2.36. The van der Waals surface area contributed by atoms with Crippen LogP contribution >= 0.6 is 0 Å². The molecular weight excluding hydrogens is 226 g/mol. The van der Waals surface area contributed by atoms with Gasteiger partial charge in [-0.25, -0.2) is 4.79 Å². The lowest BCUT2D eigenvalue weighted by atomic mass is 9.89. The van der Waals surface area contributed by atoms with Gasteiger partial charge in [0.25, 0.3) is 0 Å². The fraction of sp³-hybridized carbons (Fsp3) is 0.533. The molecule has 1 aromatic carbocycles. The first kappa shape index (κ1) is 14.6. The van der Waals surface area contributed by atoms with E-state index in [9.17, 15) is 4.79 Å². The molecule has 0 saturated carbocycles. The maximum Gasteiger partial charge on any atom is 0.335 e. The van der Waals surface area contributed by atoms with Crippen LogP contribution in [-0.4, -0.2) is 16.6 Å². The lowest BCUT2D eigenvalue weighted by molar-refractivity contribution is 0.0696. The van der Waals surface area contributed by atoms with Gasteiger partial charge in [-0.2, -0.15) is 0 Å². The molecule has 0 aliphatic rings. The minimum atomic E-state index is -0.869. The largest absolute Gasteiger partial charge is 0.478 e. The fourth-order valence-electron chi connectivity index (χ4n) is 2.30. The fourth-order valence-corrected chi connectivity index (χ4v) is 2.30. The number of carboxylic acids is 1. The van der Waals surface area contributed by atoms with E-state index in [2.05, 4.69) is 26.1 Å². The summed E-state index contributed by atoms with van der Waals surface area (Å²) in [5.74, 6) is -0.869. The Hall–Kier alpha value is -1.51. The summed E-state index contributed by atoms with van der Waals surface area (Å²) >= 11 is 0. The molecule has 0 heterocycles. The molecule has 1 rings (SSSR count). The molecule has 0 aliphatic heterocycles. The number of aromatic carboxylic acids is 1. The zero-order valence-electron chi connectivity index (χ0n) is 11.7. The van der Waals surface area contributed by atoms with Gasteiger partial charge < -0.3 is 10.4 Å². The van der Waals surface area contributed by atoms with Gasteiger partial charge in [0.2, 0.25) is 0 Å². The lowest BCUT2D eigenvalue weighted by Gasteiger charge is -2.33. The third kappa shape index (κ3) is 3.03. The number of benzene rings is 1. The van der Waals surface area contributed by atoms with Crippen LogP contribution in [0.1, 0.15) is 56.0 Å². The number of rotatable bonds is 6. The number of anilines is 1. The van der Waals surface area contributed by atoms with E-state index in [1.807, 2.05) is 19.1 Å². The van der Waals surface area contributed by atoms with Crippen LogP contribution in [0.3, 0.4) is 0 Å². The maximum absolute atomic E-state index is 11.0. The van der Waals surface area contributed by atoms with Gasteiger partial charge in [-0.05, 0) is 49.9 Å². The van der Waals surface area contributed by atoms with E-state index in [4.69, 9.17) is 5.11 Å². The highest BCUT2D eigenvalue weighted by Gasteiger charge is 2.23. The summed E-state index contributed by atoms with van der Waals surface area (Å²) in [4.78, 5) is 11.0. The van der Waals surface area contributed by atoms with Gasteiger partial charge in [0.05, 0.1) is 5.56 Å². The lowest BCUT2D eigenvalue weighted by Crippen LogP contribution is -2.36. The zero-order chi connectivity index (χ0) is 13.8. The van der Waals surface area contributed by atoms with Crippen molar-refractivity contribution < 1.29 is 9.90 Å². The van der Waals surface area contributed by atoms with Gasteiger partial charge in [0.15, 0.2) is 0 Å². The van der Waals surface area contributed by atoms with Crippen molar-refractivity contribution in [3.05, 3.63) is 29.3 Å². The Morgan fingerprint density at radius 1 is 1.22 bits per heavy atom. The van der Waals surface area contributed by atoms with Gasteiger partial charge in [-0.1, -0.05) is 20.8 Å². The van der Waals surface area contributed by atoms with Crippen LogP contribution < -0.4 is 5.32 Å². The van der Waals surface area contributed by atoms with Crippen LogP contribution in [0, 0.1) is 6.92 Å². The van der Waals surface area contributed by atoms with Crippen molar-refractivity contribution in [2.45, 2.75) is 52.5 Å². The van der Waals surface area contributed by atoms with Crippen LogP contribution in [-0.2, 0) is 0 Å². The highest BCUT2D eigenvalue weighted by Crippen LogP contribution is 2.26. The summed E-state index contributed by atoms with van der Waals surface area (Å²) in [6.45, 7) is 8.37. The summed E-state index contributed by atoms with van der Waals surface area (Å²) in [6, 6.07) is 5.44. The van der Waals surface area contributed by atoms with Gasteiger partial charge >= 0.3 is 5.97 Å². The van der Waals surface area contributed by atoms with E-state index in [-0.39, 0.29) is 5.54 Å². The predicted molar refractivity (Wildman–Crippen MR) is 75.4 cm³/mol. The molecule has 0 bridgehead atoms. The first-order valence-corrected chi connectivity index (χ1v) is 6.60. The average molecular weight is 249 g/mol. The van der Waals surface area contributed by atoms with Crippen LogP contribution in [0.2, 0.25) is 0 Å². The van der Waals surface area contributed by atoms with Crippen molar-refractivity contribution in [1.82, 2.24) is 0 Å². The third-order valence-corrected chi connectivity index (χ3v) is 3.90. The molecule has 18 heavy (non-hydrogen) atoms. The SMILES string of the molecule is CCC(CC)(CC)Nc1ccc(C(=O)O)c(C)c1. The number of aryl methyl sites for hydroxylation is 1. The molecule has 0 unspecified atom stereocenters. The third-order valence-electron chi connectivity index (χ3n) is 3.90. The Bertz CT molecular complexity index is 414. The second kappa shape index (κ2) is 5.89. The number of carboxylic acid groups (broad SMARTS) is 1. The molecule has 0 spiro atoms. The Morgan fingerprint density at radius 2 is 1.78 bits per heavy atom. The van der Waals surface area contributed by atoms with E-state index in [1.54, 1.807) is 6.07 Å². The number of hydrogen-bond acceptors (Lipinski definition) is 2. The second-order valence-electron chi connectivity index (χ2n) is 4.80. The molecule has 0 fully saturated rings. The molecule has 0 aliphatic carbocycles. The highest BCUT2D eigenvalue weighted by molar-refractivity contribution is 5.89. The zero-order valence-corrected chi connectivity index (χ0v) is 11.7. The van der Waals surface area contributed by atoms with E-state index < -0.39 is 5.97 Å². The smallest absolute Gasteiger partial charge is 0.335 e. The summed E-state index contributed by atoms with van der Waals surface area (Å²) in [6.07, 6.45) is 3.17. The molecule has 2 N–H and O–H groups in total. The van der Waals surface area contributed by atoms with E-state index in [0.29, 0.717) is 5.56 Å². The van der Waals surface area contributed by atoms with Crippen molar-refractivity contribution >= 4 is 11.7 Å². The van der Waals surface area contributed by atoms with Gasteiger partial charge in [0.1, 0.15) is 0 Å². The molecule has 0 aromatic heterocycles. The van der Waals surface area contributed by atoms with Crippen LogP contribution in [0.5, 0.6) is 0 Å². The standard InChI is InChI=1S/C15H23NO2/c1-5-15(6-2,7-3)16-12-8-9-13(14(17)18)11(4)10-12/h8-10,16H,5-7H2,1-4H3,(H,17,18). The Balaban J connectivity index is 2.98. The molecule has 0 saturated heterocycles. The quantitative estimate of drug-likeness (QED) is 0.798. The van der Waals surface area contributed by atoms with Crippen LogP contribution in [0.4, 0.5) is 5.69 Å². The monoisotopic (exact) mass is 249 g/mol. The minimum absolute atomic E-state index is 0.108. The predicted octanol–water partition coefficient (Wildman–Crippen LogP) is 4.07. The van der Waals surface area contributed by atoms with Crippen LogP contribution in [0.15, 0.2) is 18.2 Å². The van der Waals surface area contributed by atoms with E-state index >= 15 is 0 Å². The molecular formula is C15H23NO2. The highest BCUT2D eigenvalue weighted by atomic mass is 16.4. The van der Waals surface area contributed by atoms with Crippen molar-refractivity contribution in [3.63, 3.8) is 0 Å². The summed E-state index contributed by atoms with van der Waals surface area (Å²) < 4.78 is 0. The van der Waals surface area contributed by atoms with Gasteiger partial charge in [-0.15, -0.1) is 0 Å². The normalized spacial score (nSPS) is 11.3. The molecule has 1 aromatic rings. The topological polar surface area (TPSA) is 49.3 Å². The number of nitrogens with one attached hydrogen (secondary N) is 1. The molecule has 0 atom stereocenters. The van der Waals surface area contributed by atoms with E-state index in [1.165, 1.54) is 0 Å². The Labute approximate surface area is 109 Å². The molecule has 100 valence electrons. The Morgan fingerprint density at radius 3 is 2.17 bits per heavy atom. The maximum atomic E-state index is 11.0. The molecule has 3 nitrogen and oxygen atoms in total. The minimum Gasteiger partial charge on any atom is -0.478 e.